The lowest BCUT2D eigenvalue weighted by molar-refractivity contribution is -0.126. The van der Waals surface area contributed by atoms with E-state index in [1.807, 2.05) is 0 Å². The Balaban J connectivity index is 1.85. The molecule has 0 bridgehead atoms. The van der Waals surface area contributed by atoms with Crippen LogP contribution in [-0.2, 0) is 4.79 Å². The second kappa shape index (κ2) is 7.13. The SMILES string of the molecule is NC1CCCCCC1C(=O)NC1CCCCCC1. The zero-order valence-electron chi connectivity index (χ0n) is 11.5. The fourth-order valence-corrected chi connectivity index (χ4v) is 3.39. The first kappa shape index (κ1) is 13.9. The molecule has 0 saturated heterocycles. The highest BCUT2D eigenvalue weighted by atomic mass is 16.2. The summed E-state index contributed by atoms with van der Waals surface area (Å²) in [6.45, 7) is 0. The van der Waals surface area contributed by atoms with Crippen molar-refractivity contribution >= 4 is 5.91 Å². The third-order valence-corrected chi connectivity index (χ3v) is 4.61. The quantitative estimate of drug-likeness (QED) is 0.742. The first-order chi connectivity index (χ1) is 8.77. The molecule has 2 unspecified atom stereocenters. The number of nitrogens with one attached hydrogen (secondary N) is 1. The molecule has 2 atom stereocenters. The van der Waals surface area contributed by atoms with Crippen LogP contribution in [0.4, 0.5) is 0 Å². The molecule has 2 aliphatic rings. The summed E-state index contributed by atoms with van der Waals surface area (Å²) in [5.41, 5.74) is 6.16. The van der Waals surface area contributed by atoms with Crippen LogP contribution in [-0.4, -0.2) is 18.0 Å². The van der Waals surface area contributed by atoms with Crippen molar-refractivity contribution in [1.82, 2.24) is 5.32 Å². The Morgan fingerprint density at radius 1 is 0.833 bits per heavy atom. The summed E-state index contributed by atoms with van der Waals surface area (Å²) < 4.78 is 0. The summed E-state index contributed by atoms with van der Waals surface area (Å²) in [5.74, 6) is 0.298. The maximum Gasteiger partial charge on any atom is 0.224 e. The minimum Gasteiger partial charge on any atom is -0.353 e. The van der Waals surface area contributed by atoms with E-state index in [1.165, 1.54) is 38.5 Å². The van der Waals surface area contributed by atoms with Gasteiger partial charge in [0, 0.05) is 12.1 Å². The van der Waals surface area contributed by atoms with E-state index >= 15 is 0 Å². The van der Waals surface area contributed by atoms with E-state index in [2.05, 4.69) is 5.32 Å². The summed E-state index contributed by atoms with van der Waals surface area (Å²) in [4.78, 5) is 12.4. The summed E-state index contributed by atoms with van der Waals surface area (Å²) in [6, 6.07) is 0.494. The van der Waals surface area contributed by atoms with Gasteiger partial charge in [0.25, 0.3) is 0 Å². The van der Waals surface area contributed by atoms with Crippen LogP contribution in [0, 0.1) is 5.92 Å². The molecule has 0 aliphatic heterocycles. The fraction of sp³-hybridized carbons (Fsp3) is 0.933. The zero-order valence-corrected chi connectivity index (χ0v) is 11.5. The summed E-state index contributed by atoms with van der Waals surface area (Å²) in [7, 11) is 0. The lowest BCUT2D eigenvalue weighted by Crippen LogP contribution is -2.45. The summed E-state index contributed by atoms with van der Waals surface area (Å²) in [5, 5.41) is 3.27. The average molecular weight is 252 g/mol. The molecule has 0 aromatic carbocycles. The van der Waals surface area contributed by atoms with Gasteiger partial charge < -0.3 is 11.1 Å². The average Bonchev–Trinajstić information content (AvgIpc) is 2.71. The summed E-state index contributed by atoms with van der Waals surface area (Å²) in [6.07, 6.45) is 13.1. The molecule has 3 heteroatoms. The van der Waals surface area contributed by atoms with Crippen LogP contribution in [0.25, 0.3) is 0 Å². The second-order valence-corrected chi connectivity index (χ2v) is 6.11. The van der Waals surface area contributed by atoms with E-state index in [0.717, 1.165) is 32.1 Å². The van der Waals surface area contributed by atoms with Gasteiger partial charge in [-0.25, -0.2) is 0 Å². The first-order valence-corrected chi connectivity index (χ1v) is 7.83. The van der Waals surface area contributed by atoms with E-state index in [9.17, 15) is 4.79 Å². The molecule has 18 heavy (non-hydrogen) atoms. The van der Waals surface area contributed by atoms with Crippen LogP contribution in [0.5, 0.6) is 0 Å². The standard InChI is InChI=1S/C15H28N2O/c16-14-11-7-3-6-10-13(14)15(18)17-12-8-4-1-2-5-9-12/h12-14H,1-11,16H2,(H,17,18). The Kier molecular flexibility index (Phi) is 5.48. The van der Waals surface area contributed by atoms with Crippen molar-refractivity contribution in [2.75, 3.05) is 0 Å². The van der Waals surface area contributed by atoms with Crippen LogP contribution < -0.4 is 11.1 Å². The van der Waals surface area contributed by atoms with Gasteiger partial charge in [-0.3, -0.25) is 4.79 Å². The number of amides is 1. The van der Waals surface area contributed by atoms with E-state index in [0.29, 0.717) is 6.04 Å². The van der Waals surface area contributed by atoms with Gasteiger partial charge in [0.2, 0.25) is 5.91 Å². The zero-order chi connectivity index (χ0) is 12.8. The lowest BCUT2D eigenvalue weighted by atomic mass is 9.94. The molecule has 3 nitrogen and oxygen atoms in total. The number of rotatable bonds is 2. The van der Waals surface area contributed by atoms with Crippen molar-refractivity contribution in [1.29, 1.82) is 0 Å². The Labute approximate surface area is 111 Å². The Hall–Kier alpha value is -0.570. The van der Waals surface area contributed by atoms with Gasteiger partial charge in [-0.1, -0.05) is 44.9 Å². The lowest BCUT2D eigenvalue weighted by Gasteiger charge is -2.24. The van der Waals surface area contributed by atoms with Crippen molar-refractivity contribution in [3.63, 3.8) is 0 Å². The normalized spacial score (nSPS) is 31.4. The molecule has 0 spiro atoms. The van der Waals surface area contributed by atoms with Crippen LogP contribution in [0.15, 0.2) is 0 Å². The highest BCUT2D eigenvalue weighted by Crippen LogP contribution is 2.23. The van der Waals surface area contributed by atoms with Gasteiger partial charge in [0.1, 0.15) is 0 Å². The highest BCUT2D eigenvalue weighted by molar-refractivity contribution is 5.79. The number of nitrogens with two attached hydrogens (primary N) is 1. The third-order valence-electron chi connectivity index (χ3n) is 4.61. The molecule has 2 aliphatic carbocycles. The summed E-state index contributed by atoms with van der Waals surface area (Å²) >= 11 is 0. The van der Waals surface area contributed by atoms with Crippen LogP contribution in [0.2, 0.25) is 0 Å². The molecule has 2 saturated carbocycles. The van der Waals surface area contributed by atoms with Gasteiger partial charge in [0.15, 0.2) is 0 Å². The van der Waals surface area contributed by atoms with Gasteiger partial charge in [-0.2, -0.15) is 0 Å². The monoisotopic (exact) mass is 252 g/mol. The maximum atomic E-state index is 12.4. The smallest absolute Gasteiger partial charge is 0.224 e. The Morgan fingerprint density at radius 2 is 1.39 bits per heavy atom. The predicted molar refractivity (Wildman–Crippen MR) is 74.2 cm³/mol. The van der Waals surface area contributed by atoms with Gasteiger partial charge in [-0.15, -0.1) is 0 Å². The Morgan fingerprint density at radius 3 is 2.11 bits per heavy atom. The molecule has 1 amide bonds. The number of carbonyl (C=O) groups is 1. The molecular formula is C15H28N2O. The number of carbonyl (C=O) groups excluding carboxylic acids is 1. The van der Waals surface area contributed by atoms with E-state index in [-0.39, 0.29) is 17.9 Å². The maximum absolute atomic E-state index is 12.4. The topological polar surface area (TPSA) is 55.1 Å². The van der Waals surface area contributed by atoms with Crippen LogP contribution >= 0.6 is 0 Å². The van der Waals surface area contributed by atoms with Gasteiger partial charge in [0.05, 0.1) is 5.92 Å². The molecule has 2 fully saturated rings. The van der Waals surface area contributed by atoms with Gasteiger partial charge >= 0.3 is 0 Å². The number of hydrogen-bond acceptors (Lipinski definition) is 2. The fourth-order valence-electron chi connectivity index (χ4n) is 3.39. The predicted octanol–water partition coefficient (Wildman–Crippen LogP) is 2.73. The van der Waals surface area contributed by atoms with Crippen LogP contribution in [0.3, 0.4) is 0 Å². The minimum atomic E-state index is 0.0655. The molecular weight excluding hydrogens is 224 g/mol. The Bertz CT molecular complexity index is 259. The van der Waals surface area contributed by atoms with Crippen molar-refractivity contribution in [3.8, 4) is 0 Å². The molecule has 0 aromatic heterocycles. The second-order valence-electron chi connectivity index (χ2n) is 6.11. The molecule has 3 N–H and O–H groups in total. The van der Waals surface area contributed by atoms with Crippen molar-refractivity contribution < 1.29 is 4.79 Å². The number of hydrogen-bond donors (Lipinski definition) is 2. The van der Waals surface area contributed by atoms with Crippen LogP contribution in [0.1, 0.15) is 70.6 Å². The minimum absolute atomic E-state index is 0.0655. The van der Waals surface area contributed by atoms with Gasteiger partial charge in [-0.05, 0) is 25.7 Å². The third kappa shape index (κ3) is 3.98. The van der Waals surface area contributed by atoms with E-state index in [1.54, 1.807) is 0 Å². The molecule has 0 radical (unpaired) electrons. The largest absolute Gasteiger partial charge is 0.353 e. The van der Waals surface area contributed by atoms with E-state index in [4.69, 9.17) is 5.73 Å². The van der Waals surface area contributed by atoms with Crippen molar-refractivity contribution in [2.24, 2.45) is 11.7 Å². The highest BCUT2D eigenvalue weighted by Gasteiger charge is 2.28. The molecule has 104 valence electrons. The molecule has 2 rings (SSSR count). The molecule has 0 aromatic rings. The first-order valence-electron chi connectivity index (χ1n) is 7.83. The van der Waals surface area contributed by atoms with Crippen molar-refractivity contribution in [2.45, 2.75) is 82.7 Å². The van der Waals surface area contributed by atoms with E-state index < -0.39 is 0 Å². The molecule has 0 heterocycles. The van der Waals surface area contributed by atoms with Crippen molar-refractivity contribution in [3.05, 3.63) is 0 Å².